The number of hydrogen-bond acceptors (Lipinski definition) is 5. The molecule has 0 spiro atoms. The molecule has 4 rings (SSSR count). The molecular formula is C20H23N5O. The molecule has 26 heavy (non-hydrogen) atoms. The van der Waals surface area contributed by atoms with E-state index in [9.17, 15) is 0 Å². The van der Waals surface area contributed by atoms with E-state index in [4.69, 9.17) is 4.74 Å². The zero-order valence-corrected chi connectivity index (χ0v) is 15.6. The average Bonchev–Trinajstić information content (AvgIpc) is 3.19. The quantitative estimate of drug-likeness (QED) is 0.720. The second-order valence-electron chi connectivity index (χ2n) is 6.84. The number of aromatic amines is 1. The maximum atomic E-state index is 6.04. The topological polar surface area (TPSA) is 75.2 Å². The number of nitrogens with zero attached hydrogens (tertiary/aromatic N) is 3. The van der Waals surface area contributed by atoms with Crippen LogP contribution in [0.2, 0.25) is 0 Å². The first-order chi connectivity index (χ1) is 12.6. The molecule has 3 aromatic rings. The summed E-state index contributed by atoms with van der Waals surface area (Å²) in [5, 5.41) is 4.49. The number of anilines is 2. The van der Waals surface area contributed by atoms with Crippen LogP contribution in [0, 0.1) is 6.92 Å². The number of fused-ring (bicyclic) bond motifs is 2. The molecule has 6 nitrogen and oxygen atoms in total. The van der Waals surface area contributed by atoms with E-state index in [2.05, 4.69) is 51.2 Å². The van der Waals surface area contributed by atoms with Crippen LogP contribution in [0.1, 0.15) is 43.2 Å². The highest BCUT2D eigenvalue weighted by Gasteiger charge is 2.17. The third kappa shape index (κ3) is 2.81. The highest BCUT2D eigenvalue weighted by atomic mass is 16.5. The van der Waals surface area contributed by atoms with E-state index in [1.54, 1.807) is 6.33 Å². The summed E-state index contributed by atoms with van der Waals surface area (Å²) in [6.45, 7) is 9.00. The Hall–Kier alpha value is -2.89. The lowest BCUT2D eigenvalue weighted by Crippen LogP contribution is -2.09. The predicted octanol–water partition coefficient (Wildman–Crippen LogP) is 4.29. The molecule has 0 aliphatic carbocycles. The van der Waals surface area contributed by atoms with Crippen molar-refractivity contribution < 1.29 is 4.74 Å². The molecule has 3 heterocycles. The first-order valence-corrected chi connectivity index (χ1v) is 8.99. The van der Waals surface area contributed by atoms with Crippen LogP contribution in [0.5, 0.6) is 5.75 Å². The Morgan fingerprint density at radius 1 is 1.27 bits per heavy atom. The number of aliphatic imine (C=N–C) groups is 1. The molecule has 0 unspecified atom stereocenters. The summed E-state index contributed by atoms with van der Waals surface area (Å²) in [5.41, 5.74) is 6.41. The Morgan fingerprint density at radius 3 is 2.88 bits per heavy atom. The fraction of sp³-hybridized carbons (Fsp3) is 0.350. The van der Waals surface area contributed by atoms with Crippen LogP contribution in [0.4, 0.5) is 11.5 Å². The van der Waals surface area contributed by atoms with Gasteiger partial charge >= 0.3 is 0 Å². The smallest absolute Gasteiger partial charge is 0.143 e. The van der Waals surface area contributed by atoms with Crippen LogP contribution in [0.3, 0.4) is 0 Å². The predicted molar refractivity (Wildman–Crippen MR) is 105 cm³/mol. The van der Waals surface area contributed by atoms with Crippen molar-refractivity contribution in [3.63, 3.8) is 0 Å². The van der Waals surface area contributed by atoms with Gasteiger partial charge < -0.3 is 15.0 Å². The molecule has 0 bridgehead atoms. The molecular weight excluding hydrogens is 326 g/mol. The van der Waals surface area contributed by atoms with E-state index in [0.717, 1.165) is 40.3 Å². The molecule has 6 heteroatoms. The standard InChI is InChI=1S/C20H23N5O/c1-5-15-12(4)18-19(24-15)22-10-23-20(18)25-16-6-13-8-21-9-14(13)7-17(16)26-11(2)3/h6-8,10-11H,5,9H2,1-4H3,(H2,22,23,24,25). The lowest BCUT2D eigenvalue weighted by molar-refractivity contribution is 0.243. The van der Waals surface area contributed by atoms with Crippen LogP contribution < -0.4 is 10.1 Å². The van der Waals surface area contributed by atoms with Crippen molar-refractivity contribution in [2.45, 2.75) is 46.8 Å². The molecule has 1 aliphatic heterocycles. The molecule has 1 aliphatic rings. The lowest BCUT2D eigenvalue weighted by atomic mass is 10.1. The molecule has 0 radical (unpaired) electrons. The third-order valence-corrected chi connectivity index (χ3v) is 4.65. The number of hydrogen-bond donors (Lipinski definition) is 2. The molecule has 1 aromatic carbocycles. The van der Waals surface area contributed by atoms with Crippen molar-refractivity contribution in [3.8, 4) is 5.75 Å². The number of aryl methyl sites for hydroxylation is 2. The molecule has 2 aromatic heterocycles. The molecule has 0 atom stereocenters. The fourth-order valence-electron chi connectivity index (χ4n) is 3.39. The molecule has 0 saturated heterocycles. The molecule has 0 amide bonds. The summed E-state index contributed by atoms with van der Waals surface area (Å²) >= 11 is 0. The Kier molecular flexibility index (Phi) is 4.11. The first kappa shape index (κ1) is 16.6. The lowest BCUT2D eigenvalue weighted by Gasteiger charge is -2.17. The van der Waals surface area contributed by atoms with Gasteiger partial charge in [-0.2, -0.15) is 0 Å². The minimum absolute atomic E-state index is 0.0852. The van der Waals surface area contributed by atoms with Crippen LogP contribution in [-0.4, -0.2) is 27.3 Å². The van der Waals surface area contributed by atoms with E-state index in [1.165, 1.54) is 16.8 Å². The Bertz CT molecular complexity index is 1000. The zero-order chi connectivity index (χ0) is 18.3. The molecule has 134 valence electrons. The van der Waals surface area contributed by atoms with Crippen molar-refractivity contribution >= 4 is 28.8 Å². The highest BCUT2D eigenvalue weighted by molar-refractivity contribution is 5.94. The van der Waals surface area contributed by atoms with Gasteiger partial charge in [0.15, 0.2) is 0 Å². The average molecular weight is 349 g/mol. The highest BCUT2D eigenvalue weighted by Crippen LogP contribution is 2.35. The third-order valence-electron chi connectivity index (χ3n) is 4.65. The SMILES string of the molecule is CCc1[nH]c2ncnc(Nc3cc4c(cc3OC(C)C)CN=C4)c2c1C. The minimum Gasteiger partial charge on any atom is -0.489 e. The van der Waals surface area contributed by atoms with Crippen molar-refractivity contribution in [2.75, 3.05) is 5.32 Å². The summed E-state index contributed by atoms with van der Waals surface area (Å²) in [7, 11) is 0. The van der Waals surface area contributed by atoms with Crippen LogP contribution in [0.25, 0.3) is 11.0 Å². The Balaban J connectivity index is 1.81. The summed E-state index contributed by atoms with van der Waals surface area (Å²) in [5.74, 6) is 1.60. The maximum absolute atomic E-state index is 6.04. The number of nitrogens with one attached hydrogen (secondary N) is 2. The van der Waals surface area contributed by atoms with Crippen LogP contribution in [0.15, 0.2) is 23.5 Å². The van der Waals surface area contributed by atoms with E-state index in [0.29, 0.717) is 6.54 Å². The molecule has 2 N–H and O–H groups in total. The molecule has 0 saturated carbocycles. The van der Waals surface area contributed by atoms with Gasteiger partial charge in [0.25, 0.3) is 0 Å². The van der Waals surface area contributed by atoms with Gasteiger partial charge in [-0.25, -0.2) is 9.97 Å². The van der Waals surface area contributed by atoms with Crippen LogP contribution >= 0.6 is 0 Å². The minimum atomic E-state index is 0.0852. The number of rotatable bonds is 5. The van der Waals surface area contributed by atoms with Crippen LogP contribution in [-0.2, 0) is 13.0 Å². The summed E-state index contributed by atoms with van der Waals surface area (Å²) in [6, 6.07) is 4.16. The monoisotopic (exact) mass is 349 g/mol. The Labute approximate surface area is 152 Å². The fourth-order valence-corrected chi connectivity index (χ4v) is 3.39. The van der Waals surface area contributed by atoms with E-state index in [-0.39, 0.29) is 6.10 Å². The normalized spacial score (nSPS) is 12.8. The van der Waals surface area contributed by atoms with Gasteiger partial charge in [0.1, 0.15) is 23.5 Å². The van der Waals surface area contributed by atoms with E-state index >= 15 is 0 Å². The van der Waals surface area contributed by atoms with Gasteiger partial charge in [-0.15, -0.1) is 0 Å². The summed E-state index contributed by atoms with van der Waals surface area (Å²) in [4.78, 5) is 16.6. The number of aromatic nitrogens is 3. The second kappa shape index (κ2) is 6.44. The van der Waals surface area contributed by atoms with Crippen molar-refractivity contribution in [2.24, 2.45) is 4.99 Å². The zero-order valence-electron chi connectivity index (χ0n) is 15.6. The van der Waals surface area contributed by atoms with Gasteiger partial charge in [-0.3, -0.25) is 4.99 Å². The van der Waals surface area contributed by atoms with Gasteiger partial charge in [0, 0.05) is 11.9 Å². The summed E-state index contributed by atoms with van der Waals surface area (Å²) in [6.07, 6.45) is 4.50. The van der Waals surface area contributed by atoms with Crippen molar-refractivity contribution in [3.05, 3.63) is 40.8 Å². The number of H-pyrrole nitrogens is 1. The van der Waals surface area contributed by atoms with E-state index < -0.39 is 0 Å². The van der Waals surface area contributed by atoms with Crippen molar-refractivity contribution in [1.29, 1.82) is 0 Å². The van der Waals surface area contributed by atoms with Gasteiger partial charge in [-0.05, 0) is 56.0 Å². The largest absolute Gasteiger partial charge is 0.489 e. The van der Waals surface area contributed by atoms with Gasteiger partial charge in [0.2, 0.25) is 0 Å². The summed E-state index contributed by atoms with van der Waals surface area (Å²) < 4.78 is 6.04. The Morgan fingerprint density at radius 2 is 2.12 bits per heavy atom. The maximum Gasteiger partial charge on any atom is 0.143 e. The van der Waals surface area contributed by atoms with E-state index in [1.807, 2.05) is 20.1 Å². The molecule has 0 fully saturated rings. The van der Waals surface area contributed by atoms with Gasteiger partial charge in [0.05, 0.1) is 23.7 Å². The first-order valence-electron chi connectivity index (χ1n) is 8.99. The van der Waals surface area contributed by atoms with Crippen molar-refractivity contribution in [1.82, 2.24) is 15.0 Å². The van der Waals surface area contributed by atoms with Gasteiger partial charge in [-0.1, -0.05) is 6.92 Å². The second-order valence-corrected chi connectivity index (χ2v) is 6.84. The number of benzene rings is 1. The number of ether oxygens (including phenoxy) is 1.